The molecule has 0 radical (unpaired) electrons. The normalized spacial score (nSPS) is 17.5. The fourth-order valence-corrected chi connectivity index (χ4v) is 2.75. The molecular formula is C15H28N2O4. The molecule has 1 aliphatic carbocycles. The quantitative estimate of drug-likeness (QED) is 0.698. The van der Waals surface area contributed by atoms with Gasteiger partial charge in [-0.3, -0.25) is 4.79 Å². The van der Waals surface area contributed by atoms with Crippen LogP contribution in [0.1, 0.15) is 52.9 Å². The Morgan fingerprint density at radius 1 is 1.29 bits per heavy atom. The lowest BCUT2D eigenvalue weighted by Crippen LogP contribution is -2.53. The van der Waals surface area contributed by atoms with E-state index in [9.17, 15) is 9.59 Å². The summed E-state index contributed by atoms with van der Waals surface area (Å²) >= 11 is 0. The van der Waals surface area contributed by atoms with Gasteiger partial charge in [0.1, 0.15) is 0 Å². The molecule has 1 unspecified atom stereocenters. The van der Waals surface area contributed by atoms with Crippen LogP contribution in [0, 0.1) is 5.41 Å². The zero-order valence-electron chi connectivity index (χ0n) is 13.3. The van der Waals surface area contributed by atoms with Crippen LogP contribution in [-0.2, 0) is 4.79 Å². The van der Waals surface area contributed by atoms with Gasteiger partial charge in [-0.2, -0.15) is 0 Å². The van der Waals surface area contributed by atoms with Gasteiger partial charge in [0.15, 0.2) is 0 Å². The van der Waals surface area contributed by atoms with Gasteiger partial charge in [0.05, 0.1) is 13.0 Å². The zero-order valence-corrected chi connectivity index (χ0v) is 13.3. The van der Waals surface area contributed by atoms with Crippen molar-refractivity contribution in [2.45, 2.75) is 65.0 Å². The summed E-state index contributed by atoms with van der Waals surface area (Å²) < 4.78 is 0. The number of hydrogen-bond donors (Lipinski definition) is 3. The number of nitrogens with zero attached hydrogens (tertiary/aromatic N) is 1. The summed E-state index contributed by atoms with van der Waals surface area (Å²) in [6.07, 6.45) is 3.99. The number of rotatable bonds is 6. The Hall–Kier alpha value is -1.30. The highest BCUT2D eigenvalue weighted by Gasteiger charge is 2.32. The van der Waals surface area contributed by atoms with E-state index in [0.29, 0.717) is 6.54 Å². The topological polar surface area (TPSA) is 89.9 Å². The van der Waals surface area contributed by atoms with Crippen molar-refractivity contribution in [1.82, 2.24) is 10.2 Å². The van der Waals surface area contributed by atoms with Gasteiger partial charge in [0.25, 0.3) is 0 Å². The van der Waals surface area contributed by atoms with Crippen molar-refractivity contribution in [1.29, 1.82) is 0 Å². The Kier molecular flexibility index (Phi) is 6.45. The summed E-state index contributed by atoms with van der Waals surface area (Å²) in [6, 6.07) is -0.551. The molecule has 122 valence electrons. The highest BCUT2D eigenvalue weighted by Crippen LogP contribution is 2.25. The van der Waals surface area contributed by atoms with Crippen LogP contribution in [0.5, 0.6) is 0 Å². The van der Waals surface area contributed by atoms with E-state index < -0.39 is 12.0 Å². The van der Waals surface area contributed by atoms with Gasteiger partial charge in [-0.1, -0.05) is 33.6 Å². The highest BCUT2D eigenvalue weighted by atomic mass is 16.4. The number of urea groups is 1. The smallest absolute Gasteiger partial charge is 0.317 e. The molecule has 0 aromatic rings. The third kappa shape index (κ3) is 5.53. The maximum Gasteiger partial charge on any atom is 0.317 e. The lowest BCUT2D eigenvalue weighted by Gasteiger charge is -2.35. The Labute approximate surface area is 126 Å². The number of amides is 2. The molecule has 0 aromatic carbocycles. The van der Waals surface area contributed by atoms with Crippen LogP contribution < -0.4 is 5.32 Å². The lowest BCUT2D eigenvalue weighted by molar-refractivity contribution is -0.138. The van der Waals surface area contributed by atoms with Crippen LogP contribution in [-0.4, -0.2) is 52.3 Å². The van der Waals surface area contributed by atoms with E-state index in [4.69, 9.17) is 10.2 Å². The van der Waals surface area contributed by atoms with Gasteiger partial charge in [0, 0.05) is 18.6 Å². The van der Waals surface area contributed by atoms with Crippen LogP contribution in [0.15, 0.2) is 0 Å². The average molecular weight is 300 g/mol. The Bertz CT molecular complexity index is 359. The van der Waals surface area contributed by atoms with Crippen LogP contribution in [0.25, 0.3) is 0 Å². The van der Waals surface area contributed by atoms with Gasteiger partial charge >= 0.3 is 12.0 Å². The predicted octanol–water partition coefficient (Wildman–Crippen LogP) is 1.82. The Morgan fingerprint density at radius 3 is 2.29 bits per heavy atom. The molecule has 1 fully saturated rings. The fourth-order valence-electron chi connectivity index (χ4n) is 2.75. The summed E-state index contributed by atoms with van der Waals surface area (Å²) in [5, 5.41) is 21.0. The summed E-state index contributed by atoms with van der Waals surface area (Å²) in [4.78, 5) is 25.1. The summed E-state index contributed by atoms with van der Waals surface area (Å²) in [5.74, 6) is -0.926. The van der Waals surface area contributed by atoms with E-state index in [2.05, 4.69) is 5.32 Å². The molecule has 0 aliphatic heterocycles. The van der Waals surface area contributed by atoms with Crippen molar-refractivity contribution < 1.29 is 19.8 Å². The maximum atomic E-state index is 12.5. The van der Waals surface area contributed by atoms with E-state index >= 15 is 0 Å². The van der Waals surface area contributed by atoms with Crippen LogP contribution in [0.3, 0.4) is 0 Å². The molecule has 0 heterocycles. The minimum absolute atomic E-state index is 0.0803. The standard InChI is InChI=1S/C15H28N2O4/c1-15(2,3)12(10-13(19)20)16-14(21)17(8-9-18)11-6-4-5-7-11/h11-12,18H,4-10H2,1-3H3,(H,16,21)(H,19,20). The molecule has 2 amide bonds. The fraction of sp³-hybridized carbons (Fsp3) is 0.867. The second-order valence-electron chi connectivity index (χ2n) is 6.82. The molecule has 0 spiro atoms. The summed E-state index contributed by atoms with van der Waals surface area (Å²) in [6.45, 7) is 5.94. The minimum Gasteiger partial charge on any atom is -0.481 e. The summed E-state index contributed by atoms with van der Waals surface area (Å²) in [7, 11) is 0. The van der Waals surface area contributed by atoms with E-state index in [0.717, 1.165) is 25.7 Å². The van der Waals surface area contributed by atoms with Gasteiger partial charge in [-0.25, -0.2) is 4.79 Å². The van der Waals surface area contributed by atoms with Crippen molar-refractivity contribution in [3.8, 4) is 0 Å². The lowest BCUT2D eigenvalue weighted by atomic mass is 9.85. The van der Waals surface area contributed by atoms with Gasteiger partial charge < -0.3 is 20.4 Å². The maximum absolute atomic E-state index is 12.5. The third-order valence-electron chi connectivity index (χ3n) is 4.09. The highest BCUT2D eigenvalue weighted by molar-refractivity contribution is 5.76. The Balaban J connectivity index is 2.74. The minimum atomic E-state index is -0.926. The molecule has 6 nitrogen and oxygen atoms in total. The zero-order chi connectivity index (χ0) is 16.0. The number of carboxylic acid groups (broad SMARTS) is 1. The molecular weight excluding hydrogens is 272 g/mol. The molecule has 21 heavy (non-hydrogen) atoms. The summed E-state index contributed by atoms with van der Waals surface area (Å²) in [5.41, 5.74) is -0.339. The molecule has 1 saturated carbocycles. The number of aliphatic hydroxyl groups excluding tert-OH is 1. The molecule has 0 saturated heterocycles. The number of carbonyl (C=O) groups excluding carboxylic acids is 1. The van der Waals surface area contributed by atoms with Crippen molar-refractivity contribution in [3.63, 3.8) is 0 Å². The molecule has 0 aromatic heterocycles. The van der Waals surface area contributed by atoms with Crippen LogP contribution in [0.4, 0.5) is 4.79 Å². The van der Waals surface area contributed by atoms with Gasteiger partial charge in [-0.05, 0) is 18.3 Å². The SMILES string of the molecule is CC(C)(C)C(CC(=O)O)NC(=O)N(CCO)C1CCCC1. The van der Waals surface area contributed by atoms with Crippen LogP contribution in [0.2, 0.25) is 0 Å². The molecule has 3 N–H and O–H groups in total. The Morgan fingerprint density at radius 2 is 1.86 bits per heavy atom. The number of aliphatic hydroxyl groups is 1. The van der Waals surface area contributed by atoms with E-state index in [1.807, 2.05) is 20.8 Å². The average Bonchev–Trinajstić information content (AvgIpc) is 2.86. The molecule has 1 aliphatic rings. The van der Waals surface area contributed by atoms with Crippen molar-refractivity contribution in [2.24, 2.45) is 5.41 Å². The first-order valence-electron chi connectivity index (χ1n) is 7.65. The second kappa shape index (κ2) is 7.64. The molecule has 1 rings (SSSR count). The number of hydrogen-bond acceptors (Lipinski definition) is 3. The van der Waals surface area contributed by atoms with E-state index in [1.165, 1.54) is 0 Å². The number of carbonyl (C=O) groups is 2. The number of carboxylic acids is 1. The number of nitrogens with one attached hydrogen (secondary N) is 1. The van der Waals surface area contributed by atoms with E-state index in [-0.39, 0.29) is 30.5 Å². The molecule has 1 atom stereocenters. The first-order chi connectivity index (χ1) is 9.75. The van der Waals surface area contributed by atoms with Crippen molar-refractivity contribution in [2.75, 3.05) is 13.2 Å². The van der Waals surface area contributed by atoms with Gasteiger partial charge in [-0.15, -0.1) is 0 Å². The monoisotopic (exact) mass is 300 g/mol. The van der Waals surface area contributed by atoms with E-state index in [1.54, 1.807) is 4.90 Å². The predicted molar refractivity (Wildman–Crippen MR) is 80.1 cm³/mol. The first-order valence-corrected chi connectivity index (χ1v) is 7.65. The second-order valence-corrected chi connectivity index (χ2v) is 6.82. The third-order valence-corrected chi connectivity index (χ3v) is 4.09. The largest absolute Gasteiger partial charge is 0.481 e. The van der Waals surface area contributed by atoms with Gasteiger partial charge in [0.2, 0.25) is 0 Å². The van der Waals surface area contributed by atoms with Crippen molar-refractivity contribution >= 4 is 12.0 Å². The molecule has 6 heteroatoms. The molecule has 0 bridgehead atoms. The van der Waals surface area contributed by atoms with Crippen LogP contribution >= 0.6 is 0 Å². The first kappa shape index (κ1) is 17.8. The van der Waals surface area contributed by atoms with Crippen molar-refractivity contribution in [3.05, 3.63) is 0 Å². The number of aliphatic carboxylic acids is 1.